The van der Waals surface area contributed by atoms with E-state index in [1.54, 1.807) is 11.5 Å². The minimum atomic E-state index is -0.0836. The molecule has 0 aromatic carbocycles. The minimum absolute atomic E-state index is 0.0836. The molecule has 1 N–H and O–H groups in total. The molecule has 0 saturated carbocycles. The molecule has 2 heterocycles. The van der Waals surface area contributed by atoms with Crippen molar-refractivity contribution in [2.75, 3.05) is 13.7 Å². The van der Waals surface area contributed by atoms with E-state index in [0.29, 0.717) is 29.3 Å². The van der Waals surface area contributed by atoms with E-state index in [1.165, 1.54) is 31.3 Å². The van der Waals surface area contributed by atoms with E-state index in [-0.39, 0.29) is 5.91 Å². The van der Waals surface area contributed by atoms with Crippen LogP contribution < -0.4 is 10.1 Å². The Labute approximate surface area is 136 Å². The number of fused-ring (bicyclic) bond motifs is 1. The van der Waals surface area contributed by atoms with Crippen LogP contribution in [-0.2, 0) is 0 Å². The highest BCUT2D eigenvalue weighted by Crippen LogP contribution is 2.22. The number of nitrogens with zero attached hydrogens (tertiary/aromatic N) is 2. The molecule has 0 unspecified atom stereocenters. The summed E-state index contributed by atoms with van der Waals surface area (Å²) < 4.78 is 7.11. The number of pyridine rings is 1. The van der Waals surface area contributed by atoms with Gasteiger partial charge in [-0.25, -0.2) is 4.98 Å². The lowest BCUT2D eigenvalue weighted by atomic mass is 9.97. The van der Waals surface area contributed by atoms with Gasteiger partial charge in [-0.15, -0.1) is 0 Å². The van der Waals surface area contributed by atoms with Crippen molar-refractivity contribution in [1.29, 1.82) is 0 Å². The highest BCUT2D eigenvalue weighted by Gasteiger charge is 2.18. The minimum Gasteiger partial charge on any atom is -0.493 e. The topological polar surface area (TPSA) is 55.6 Å². The van der Waals surface area contributed by atoms with Crippen LogP contribution in [0.25, 0.3) is 5.65 Å². The first-order valence-corrected chi connectivity index (χ1v) is 8.18. The largest absolute Gasteiger partial charge is 0.493 e. The zero-order valence-electron chi connectivity index (χ0n) is 13.8. The number of rotatable bonds is 5. The third kappa shape index (κ3) is 3.23. The smallest absolute Gasteiger partial charge is 0.270 e. The van der Waals surface area contributed by atoms with E-state index in [4.69, 9.17) is 4.74 Å². The lowest BCUT2D eigenvalue weighted by molar-refractivity contribution is 0.0947. The van der Waals surface area contributed by atoms with E-state index in [0.717, 1.165) is 6.42 Å². The summed E-state index contributed by atoms with van der Waals surface area (Å²) in [5.41, 5.74) is 3.43. The molecule has 1 aliphatic carbocycles. The monoisotopic (exact) mass is 313 g/mol. The van der Waals surface area contributed by atoms with Gasteiger partial charge in [0.05, 0.1) is 12.8 Å². The zero-order chi connectivity index (χ0) is 16.2. The van der Waals surface area contributed by atoms with E-state index < -0.39 is 0 Å². The van der Waals surface area contributed by atoms with Gasteiger partial charge in [-0.3, -0.25) is 9.20 Å². The first-order valence-electron chi connectivity index (χ1n) is 8.18. The number of amides is 1. The van der Waals surface area contributed by atoms with Crippen molar-refractivity contribution in [1.82, 2.24) is 14.7 Å². The van der Waals surface area contributed by atoms with Crippen LogP contribution in [0.5, 0.6) is 5.75 Å². The summed E-state index contributed by atoms with van der Waals surface area (Å²) in [4.78, 5) is 17.0. The second-order valence-corrected chi connectivity index (χ2v) is 5.93. The number of nitrogens with one attached hydrogen (secondary N) is 1. The fourth-order valence-electron chi connectivity index (χ4n) is 3.14. The first kappa shape index (κ1) is 15.6. The lowest BCUT2D eigenvalue weighted by Crippen LogP contribution is -2.26. The van der Waals surface area contributed by atoms with E-state index in [2.05, 4.69) is 16.4 Å². The molecule has 23 heavy (non-hydrogen) atoms. The van der Waals surface area contributed by atoms with E-state index in [1.807, 2.05) is 25.3 Å². The lowest BCUT2D eigenvalue weighted by Gasteiger charge is -2.13. The number of imidazole rings is 1. The zero-order valence-corrected chi connectivity index (χ0v) is 13.8. The molecule has 2 aromatic heterocycles. The SMILES string of the molecule is COc1cccn2c(C(=O)NCCC3=CCCCC3)c(C)nc12. The number of aromatic nitrogens is 2. The number of methoxy groups -OCH3 is 1. The molecule has 2 aromatic rings. The summed E-state index contributed by atoms with van der Waals surface area (Å²) in [6, 6.07) is 3.70. The first-order chi connectivity index (χ1) is 11.2. The van der Waals surface area contributed by atoms with Gasteiger partial charge >= 0.3 is 0 Å². The normalized spacial score (nSPS) is 14.6. The molecular weight excluding hydrogens is 290 g/mol. The van der Waals surface area contributed by atoms with Gasteiger partial charge in [-0.2, -0.15) is 0 Å². The summed E-state index contributed by atoms with van der Waals surface area (Å²) in [5, 5.41) is 3.02. The van der Waals surface area contributed by atoms with Gasteiger partial charge in [0, 0.05) is 12.7 Å². The molecule has 0 aliphatic heterocycles. The second kappa shape index (κ2) is 6.86. The number of ether oxygens (including phenoxy) is 1. The van der Waals surface area contributed by atoms with Crippen molar-refractivity contribution >= 4 is 11.6 Å². The van der Waals surface area contributed by atoms with Gasteiger partial charge < -0.3 is 10.1 Å². The van der Waals surface area contributed by atoms with Crippen LogP contribution in [0.4, 0.5) is 0 Å². The molecule has 0 atom stereocenters. The van der Waals surface area contributed by atoms with Gasteiger partial charge in [-0.1, -0.05) is 11.6 Å². The average molecular weight is 313 g/mol. The Morgan fingerprint density at radius 2 is 2.30 bits per heavy atom. The molecule has 0 saturated heterocycles. The third-order valence-electron chi connectivity index (χ3n) is 4.34. The number of carbonyl (C=O) groups is 1. The van der Waals surface area contributed by atoms with Crippen molar-refractivity contribution in [3.63, 3.8) is 0 Å². The maximum Gasteiger partial charge on any atom is 0.270 e. The predicted molar refractivity (Wildman–Crippen MR) is 90.0 cm³/mol. The fraction of sp³-hybridized carbons (Fsp3) is 0.444. The highest BCUT2D eigenvalue weighted by atomic mass is 16.5. The summed E-state index contributed by atoms with van der Waals surface area (Å²) in [5.74, 6) is 0.585. The molecule has 122 valence electrons. The van der Waals surface area contributed by atoms with Crippen LogP contribution in [0.2, 0.25) is 0 Å². The van der Waals surface area contributed by atoms with Crippen LogP contribution in [0.3, 0.4) is 0 Å². The summed E-state index contributed by atoms with van der Waals surface area (Å²) >= 11 is 0. The Morgan fingerprint density at radius 1 is 1.43 bits per heavy atom. The standard InChI is InChI=1S/C18H23N3O2/c1-13-16(21-12-6-9-15(23-2)17(21)20-13)18(22)19-11-10-14-7-4-3-5-8-14/h6-7,9,12H,3-5,8,10-11H2,1-2H3,(H,19,22). The Morgan fingerprint density at radius 3 is 3.04 bits per heavy atom. The van der Waals surface area contributed by atoms with E-state index in [9.17, 15) is 4.79 Å². The van der Waals surface area contributed by atoms with Crippen LogP contribution in [0.15, 0.2) is 30.0 Å². The van der Waals surface area contributed by atoms with Crippen molar-refractivity contribution in [3.8, 4) is 5.75 Å². The van der Waals surface area contributed by atoms with Gasteiger partial charge in [0.1, 0.15) is 5.69 Å². The number of aryl methyl sites for hydroxylation is 1. The Balaban J connectivity index is 1.73. The molecule has 5 heteroatoms. The summed E-state index contributed by atoms with van der Waals surface area (Å²) in [6.45, 7) is 2.52. The second-order valence-electron chi connectivity index (χ2n) is 5.93. The van der Waals surface area contributed by atoms with Crippen LogP contribution in [-0.4, -0.2) is 28.9 Å². The van der Waals surface area contributed by atoms with Crippen LogP contribution in [0.1, 0.15) is 48.3 Å². The predicted octanol–water partition coefficient (Wildman–Crippen LogP) is 3.27. The molecule has 0 radical (unpaired) electrons. The molecular formula is C18H23N3O2. The fourth-order valence-corrected chi connectivity index (χ4v) is 3.14. The summed E-state index contributed by atoms with van der Waals surface area (Å²) in [6.07, 6.45) is 10.0. The van der Waals surface area contributed by atoms with Crippen molar-refractivity contribution in [2.24, 2.45) is 0 Å². The number of hydrogen-bond donors (Lipinski definition) is 1. The van der Waals surface area contributed by atoms with Crippen molar-refractivity contribution in [2.45, 2.75) is 39.0 Å². The number of allylic oxidation sites excluding steroid dienone is 1. The van der Waals surface area contributed by atoms with Gasteiger partial charge in [0.25, 0.3) is 5.91 Å². The molecule has 0 fully saturated rings. The molecule has 0 spiro atoms. The number of carbonyl (C=O) groups excluding carboxylic acids is 1. The van der Waals surface area contributed by atoms with Crippen molar-refractivity contribution < 1.29 is 9.53 Å². The van der Waals surface area contributed by atoms with Crippen molar-refractivity contribution in [3.05, 3.63) is 41.4 Å². The molecule has 0 bridgehead atoms. The Bertz CT molecular complexity index is 746. The van der Waals surface area contributed by atoms with Gasteiger partial charge in [-0.05, 0) is 51.2 Å². The molecule has 1 amide bonds. The Kier molecular flexibility index (Phi) is 4.65. The van der Waals surface area contributed by atoms with Crippen LogP contribution in [0, 0.1) is 6.92 Å². The third-order valence-corrected chi connectivity index (χ3v) is 4.34. The Hall–Kier alpha value is -2.30. The van der Waals surface area contributed by atoms with Gasteiger partial charge in [0.15, 0.2) is 11.4 Å². The van der Waals surface area contributed by atoms with Gasteiger partial charge in [0.2, 0.25) is 0 Å². The highest BCUT2D eigenvalue weighted by molar-refractivity contribution is 5.95. The molecule has 3 rings (SSSR count). The number of hydrogen-bond acceptors (Lipinski definition) is 3. The maximum atomic E-state index is 12.5. The maximum absolute atomic E-state index is 12.5. The van der Waals surface area contributed by atoms with Crippen LogP contribution >= 0.6 is 0 Å². The molecule has 1 aliphatic rings. The van der Waals surface area contributed by atoms with E-state index >= 15 is 0 Å². The molecule has 5 nitrogen and oxygen atoms in total. The average Bonchev–Trinajstić information content (AvgIpc) is 2.91. The summed E-state index contributed by atoms with van der Waals surface area (Å²) in [7, 11) is 1.61. The quantitative estimate of drug-likeness (QED) is 0.862.